The number of hydrogen-bond donors (Lipinski definition) is 1. The quantitative estimate of drug-likeness (QED) is 0.822. The highest BCUT2D eigenvalue weighted by molar-refractivity contribution is 5.28. The van der Waals surface area contributed by atoms with Crippen LogP contribution >= 0.6 is 0 Å². The molecule has 1 heterocycles. The highest BCUT2D eigenvalue weighted by atomic mass is 14.9. The fourth-order valence-electron chi connectivity index (χ4n) is 2.07. The van der Waals surface area contributed by atoms with Crippen molar-refractivity contribution in [3.63, 3.8) is 0 Å². The Balaban J connectivity index is 3.12. The normalized spacial score (nSPS) is 13.9. The fourth-order valence-corrected chi connectivity index (χ4v) is 2.07. The lowest BCUT2D eigenvalue weighted by Crippen LogP contribution is -2.30. The van der Waals surface area contributed by atoms with Crippen molar-refractivity contribution in [2.24, 2.45) is 5.41 Å². The average molecular weight is 206 g/mol. The van der Waals surface area contributed by atoms with E-state index in [0.29, 0.717) is 6.04 Å². The Morgan fingerprint density at radius 2 is 2.07 bits per heavy atom. The van der Waals surface area contributed by atoms with Gasteiger partial charge in [0.2, 0.25) is 0 Å². The number of nitrogens with zero attached hydrogens (tertiary/aromatic N) is 1. The second-order valence-corrected chi connectivity index (χ2v) is 5.02. The molecule has 0 aliphatic heterocycles. The molecule has 0 saturated carbocycles. The van der Waals surface area contributed by atoms with Crippen molar-refractivity contribution in [2.75, 3.05) is 7.05 Å². The van der Waals surface area contributed by atoms with E-state index in [0.717, 1.165) is 6.42 Å². The molecule has 2 heteroatoms. The van der Waals surface area contributed by atoms with Crippen molar-refractivity contribution in [3.05, 3.63) is 29.6 Å². The number of rotatable bonds is 3. The van der Waals surface area contributed by atoms with Gasteiger partial charge in [-0.05, 0) is 36.1 Å². The summed E-state index contributed by atoms with van der Waals surface area (Å²) in [6.07, 6.45) is 4.90. The van der Waals surface area contributed by atoms with Crippen molar-refractivity contribution >= 4 is 0 Å². The van der Waals surface area contributed by atoms with Crippen LogP contribution in [0.2, 0.25) is 0 Å². The number of hydrogen-bond acceptors (Lipinski definition) is 2. The topological polar surface area (TPSA) is 24.9 Å². The van der Waals surface area contributed by atoms with E-state index in [9.17, 15) is 0 Å². The number of pyridine rings is 1. The van der Waals surface area contributed by atoms with E-state index < -0.39 is 0 Å². The summed E-state index contributed by atoms with van der Waals surface area (Å²) in [5.74, 6) is 0. The Kier molecular flexibility index (Phi) is 3.86. The zero-order valence-electron chi connectivity index (χ0n) is 10.5. The van der Waals surface area contributed by atoms with Crippen molar-refractivity contribution in [1.82, 2.24) is 10.3 Å². The van der Waals surface area contributed by atoms with E-state index in [2.05, 4.69) is 44.1 Å². The largest absolute Gasteiger partial charge is 0.313 e. The molecule has 0 radical (unpaired) electrons. The Hall–Kier alpha value is -0.890. The van der Waals surface area contributed by atoms with E-state index in [4.69, 9.17) is 0 Å². The molecule has 1 rings (SSSR count). The smallest absolute Gasteiger partial charge is 0.0370 e. The molecule has 1 N–H and O–H groups in total. The molecular weight excluding hydrogens is 184 g/mol. The van der Waals surface area contributed by atoms with Gasteiger partial charge >= 0.3 is 0 Å². The predicted molar refractivity (Wildman–Crippen MR) is 64.9 cm³/mol. The second-order valence-electron chi connectivity index (χ2n) is 5.02. The molecule has 1 unspecified atom stereocenters. The second kappa shape index (κ2) is 4.75. The minimum Gasteiger partial charge on any atom is -0.313 e. The average Bonchev–Trinajstić information content (AvgIpc) is 2.17. The standard InChI is InChI=1S/C13H22N2/c1-6-10-9-15-8-7-11(10)12(14-5)13(2,3)4/h7-9,12,14H,6H2,1-5H3. The van der Waals surface area contributed by atoms with E-state index >= 15 is 0 Å². The molecule has 0 aliphatic carbocycles. The van der Waals surface area contributed by atoms with E-state index in [1.165, 1.54) is 11.1 Å². The van der Waals surface area contributed by atoms with Crippen LogP contribution in [-0.2, 0) is 6.42 Å². The van der Waals surface area contributed by atoms with Gasteiger partial charge in [0.15, 0.2) is 0 Å². The summed E-state index contributed by atoms with van der Waals surface area (Å²) in [5, 5.41) is 3.41. The lowest BCUT2D eigenvalue weighted by atomic mass is 9.81. The molecule has 0 bridgehead atoms. The van der Waals surface area contributed by atoms with Gasteiger partial charge in [-0.15, -0.1) is 0 Å². The highest BCUT2D eigenvalue weighted by Gasteiger charge is 2.25. The van der Waals surface area contributed by atoms with Gasteiger partial charge < -0.3 is 5.32 Å². The molecule has 0 fully saturated rings. The third kappa shape index (κ3) is 2.78. The summed E-state index contributed by atoms with van der Waals surface area (Å²) >= 11 is 0. The van der Waals surface area contributed by atoms with Gasteiger partial charge in [-0.2, -0.15) is 0 Å². The van der Waals surface area contributed by atoms with Gasteiger partial charge in [-0.25, -0.2) is 0 Å². The van der Waals surface area contributed by atoms with Crippen molar-refractivity contribution in [1.29, 1.82) is 0 Å². The van der Waals surface area contributed by atoms with E-state index in [1.807, 2.05) is 19.4 Å². The number of aryl methyl sites for hydroxylation is 1. The van der Waals surface area contributed by atoms with Crippen molar-refractivity contribution in [2.45, 2.75) is 40.2 Å². The molecule has 0 aliphatic rings. The molecule has 2 nitrogen and oxygen atoms in total. The van der Waals surface area contributed by atoms with Crippen LogP contribution < -0.4 is 5.32 Å². The molecule has 1 atom stereocenters. The highest BCUT2D eigenvalue weighted by Crippen LogP contribution is 2.33. The number of aromatic nitrogens is 1. The SMILES string of the molecule is CCc1cnccc1C(NC)C(C)(C)C. The van der Waals surface area contributed by atoms with E-state index in [-0.39, 0.29) is 5.41 Å². The first kappa shape index (κ1) is 12.2. The molecule has 1 aromatic rings. The van der Waals surface area contributed by atoms with Crippen molar-refractivity contribution < 1.29 is 0 Å². The molecule has 0 aromatic carbocycles. The Morgan fingerprint density at radius 3 is 2.53 bits per heavy atom. The van der Waals surface area contributed by atoms with Crippen molar-refractivity contribution in [3.8, 4) is 0 Å². The summed E-state index contributed by atoms with van der Waals surface area (Å²) in [6, 6.07) is 2.51. The zero-order chi connectivity index (χ0) is 11.5. The third-order valence-electron chi connectivity index (χ3n) is 2.79. The fraction of sp³-hybridized carbons (Fsp3) is 0.615. The maximum Gasteiger partial charge on any atom is 0.0370 e. The van der Waals surface area contributed by atoms with Gasteiger partial charge in [0.1, 0.15) is 0 Å². The lowest BCUT2D eigenvalue weighted by Gasteiger charge is -2.32. The zero-order valence-corrected chi connectivity index (χ0v) is 10.5. The monoisotopic (exact) mass is 206 g/mol. The maximum atomic E-state index is 4.19. The predicted octanol–water partition coefficient (Wildman–Crippen LogP) is 2.95. The molecule has 0 spiro atoms. The first-order valence-corrected chi connectivity index (χ1v) is 5.60. The number of nitrogens with one attached hydrogen (secondary N) is 1. The van der Waals surface area contributed by atoms with Gasteiger partial charge in [-0.3, -0.25) is 4.98 Å². The Bertz CT molecular complexity index is 313. The summed E-state index contributed by atoms with van der Waals surface area (Å²) in [4.78, 5) is 4.19. The van der Waals surface area contributed by atoms with Crippen LogP contribution in [0.15, 0.2) is 18.5 Å². The molecule has 1 aromatic heterocycles. The molecule has 15 heavy (non-hydrogen) atoms. The minimum atomic E-state index is 0.222. The maximum absolute atomic E-state index is 4.19. The van der Waals surface area contributed by atoms with Crippen LogP contribution in [0, 0.1) is 5.41 Å². The van der Waals surface area contributed by atoms with E-state index in [1.54, 1.807) is 0 Å². The molecule has 84 valence electrons. The molecular formula is C13H22N2. The summed E-state index contributed by atoms with van der Waals surface area (Å²) in [5.41, 5.74) is 2.94. The van der Waals surface area contributed by atoms with Crippen LogP contribution in [0.5, 0.6) is 0 Å². The molecule has 0 amide bonds. The van der Waals surface area contributed by atoms with Gasteiger partial charge in [-0.1, -0.05) is 27.7 Å². The first-order valence-electron chi connectivity index (χ1n) is 5.60. The van der Waals surface area contributed by atoms with Gasteiger partial charge in [0.25, 0.3) is 0 Å². The van der Waals surface area contributed by atoms with Crippen LogP contribution in [0.25, 0.3) is 0 Å². The first-order chi connectivity index (χ1) is 7.00. The summed E-state index contributed by atoms with van der Waals surface area (Å²) < 4.78 is 0. The lowest BCUT2D eigenvalue weighted by molar-refractivity contribution is 0.285. The molecule has 0 saturated heterocycles. The van der Waals surface area contributed by atoms with Crippen LogP contribution in [0.1, 0.15) is 44.9 Å². The minimum absolute atomic E-state index is 0.222. The summed E-state index contributed by atoms with van der Waals surface area (Å²) in [7, 11) is 2.02. The van der Waals surface area contributed by atoms with Crippen LogP contribution in [0.4, 0.5) is 0 Å². The van der Waals surface area contributed by atoms with Gasteiger partial charge in [0, 0.05) is 18.4 Å². The van der Waals surface area contributed by atoms with Gasteiger partial charge in [0.05, 0.1) is 0 Å². The van der Waals surface area contributed by atoms with Crippen LogP contribution in [-0.4, -0.2) is 12.0 Å². The van der Waals surface area contributed by atoms with Crippen LogP contribution in [0.3, 0.4) is 0 Å². The summed E-state index contributed by atoms with van der Waals surface area (Å²) in [6.45, 7) is 8.95. The Labute approximate surface area is 93.1 Å². The Morgan fingerprint density at radius 1 is 1.40 bits per heavy atom. The third-order valence-corrected chi connectivity index (χ3v) is 2.79.